The van der Waals surface area contributed by atoms with Crippen LogP contribution in [0.25, 0.3) is 0 Å². The Bertz CT molecular complexity index is 616. The summed E-state index contributed by atoms with van der Waals surface area (Å²) >= 11 is 0. The van der Waals surface area contributed by atoms with Crippen molar-refractivity contribution in [3.63, 3.8) is 0 Å². The van der Waals surface area contributed by atoms with Crippen molar-refractivity contribution in [2.75, 3.05) is 6.61 Å². The van der Waals surface area contributed by atoms with Crippen molar-refractivity contribution in [1.29, 1.82) is 0 Å². The molecule has 0 bridgehead atoms. The summed E-state index contributed by atoms with van der Waals surface area (Å²) in [5.74, 6) is 1.33. The van der Waals surface area contributed by atoms with Crippen molar-refractivity contribution in [3.8, 4) is 5.75 Å². The van der Waals surface area contributed by atoms with Gasteiger partial charge in [-0.15, -0.1) is 0 Å². The molecule has 0 saturated carbocycles. The normalized spacial score (nSPS) is 16.4. The standard InChI is InChI=1S/C17H16O2/c1-12(18)13-6-4-7-16(10-13)19-11-15-9-14-5-2-3-8-17(14)15/h2-8,10,15H,9,11H2,1H3. The van der Waals surface area contributed by atoms with Crippen LogP contribution < -0.4 is 4.74 Å². The van der Waals surface area contributed by atoms with Gasteiger partial charge >= 0.3 is 0 Å². The molecular weight excluding hydrogens is 236 g/mol. The van der Waals surface area contributed by atoms with E-state index in [9.17, 15) is 4.79 Å². The van der Waals surface area contributed by atoms with E-state index in [4.69, 9.17) is 4.74 Å². The number of ketones is 1. The SMILES string of the molecule is CC(=O)c1cccc(OCC2Cc3ccccc32)c1. The molecule has 0 aromatic heterocycles. The van der Waals surface area contributed by atoms with Crippen LogP contribution in [-0.2, 0) is 6.42 Å². The molecule has 1 unspecified atom stereocenters. The second-order valence-corrected chi connectivity index (χ2v) is 4.99. The van der Waals surface area contributed by atoms with E-state index < -0.39 is 0 Å². The van der Waals surface area contributed by atoms with Crippen molar-refractivity contribution in [1.82, 2.24) is 0 Å². The van der Waals surface area contributed by atoms with E-state index in [1.807, 2.05) is 24.3 Å². The molecule has 19 heavy (non-hydrogen) atoms. The predicted molar refractivity (Wildman–Crippen MR) is 74.8 cm³/mol. The highest BCUT2D eigenvalue weighted by Crippen LogP contribution is 2.35. The summed E-state index contributed by atoms with van der Waals surface area (Å²) in [5.41, 5.74) is 3.52. The molecule has 1 atom stereocenters. The van der Waals surface area contributed by atoms with Crippen LogP contribution in [0, 0.1) is 0 Å². The zero-order valence-electron chi connectivity index (χ0n) is 10.9. The lowest BCUT2D eigenvalue weighted by Crippen LogP contribution is -2.23. The molecule has 0 fully saturated rings. The summed E-state index contributed by atoms with van der Waals surface area (Å²) in [4.78, 5) is 11.3. The third-order valence-electron chi connectivity index (χ3n) is 3.65. The Hall–Kier alpha value is -2.09. The van der Waals surface area contributed by atoms with Crippen LogP contribution in [0.5, 0.6) is 5.75 Å². The highest BCUT2D eigenvalue weighted by atomic mass is 16.5. The molecule has 1 aliphatic rings. The van der Waals surface area contributed by atoms with Crippen LogP contribution in [0.4, 0.5) is 0 Å². The van der Waals surface area contributed by atoms with Gasteiger partial charge in [-0.3, -0.25) is 4.79 Å². The second kappa shape index (κ2) is 4.88. The molecule has 3 rings (SSSR count). The van der Waals surface area contributed by atoms with E-state index in [0.29, 0.717) is 18.1 Å². The number of ether oxygens (including phenoxy) is 1. The second-order valence-electron chi connectivity index (χ2n) is 4.99. The first-order valence-corrected chi connectivity index (χ1v) is 6.55. The molecule has 0 amide bonds. The first-order valence-electron chi connectivity index (χ1n) is 6.55. The lowest BCUT2D eigenvalue weighted by molar-refractivity contribution is 0.101. The molecule has 0 radical (unpaired) electrons. The largest absolute Gasteiger partial charge is 0.493 e. The maximum Gasteiger partial charge on any atom is 0.159 e. The Labute approximate surface area is 113 Å². The monoisotopic (exact) mass is 252 g/mol. The van der Waals surface area contributed by atoms with E-state index in [1.54, 1.807) is 6.92 Å². The van der Waals surface area contributed by atoms with Crippen LogP contribution in [0.1, 0.15) is 34.3 Å². The number of benzene rings is 2. The minimum atomic E-state index is 0.0689. The zero-order valence-corrected chi connectivity index (χ0v) is 10.9. The molecule has 2 aromatic rings. The molecule has 2 heteroatoms. The molecule has 0 spiro atoms. The van der Waals surface area contributed by atoms with Gasteiger partial charge in [-0.05, 0) is 36.6 Å². The minimum absolute atomic E-state index is 0.0689. The molecule has 96 valence electrons. The van der Waals surface area contributed by atoms with Crippen molar-refractivity contribution >= 4 is 5.78 Å². The first kappa shape index (κ1) is 12.0. The van der Waals surface area contributed by atoms with Gasteiger partial charge in [0.2, 0.25) is 0 Å². The number of rotatable bonds is 4. The van der Waals surface area contributed by atoms with Gasteiger partial charge in [-0.1, -0.05) is 36.4 Å². The summed E-state index contributed by atoms with van der Waals surface area (Å²) in [5, 5.41) is 0. The first-order chi connectivity index (χ1) is 9.24. The highest BCUT2D eigenvalue weighted by Gasteiger charge is 2.25. The van der Waals surface area contributed by atoms with Crippen molar-refractivity contribution < 1.29 is 9.53 Å². The molecule has 0 N–H and O–H groups in total. The van der Waals surface area contributed by atoms with Crippen molar-refractivity contribution in [2.24, 2.45) is 0 Å². The third kappa shape index (κ3) is 2.39. The van der Waals surface area contributed by atoms with Gasteiger partial charge in [-0.25, -0.2) is 0 Å². The van der Waals surface area contributed by atoms with E-state index in [0.717, 1.165) is 12.2 Å². The fourth-order valence-corrected chi connectivity index (χ4v) is 2.51. The summed E-state index contributed by atoms with van der Waals surface area (Å²) in [6, 6.07) is 15.9. The minimum Gasteiger partial charge on any atom is -0.493 e. The van der Waals surface area contributed by atoms with Crippen LogP contribution in [0.2, 0.25) is 0 Å². The predicted octanol–water partition coefficient (Wildman–Crippen LogP) is 3.61. The van der Waals surface area contributed by atoms with Crippen LogP contribution >= 0.6 is 0 Å². The molecule has 2 nitrogen and oxygen atoms in total. The molecular formula is C17H16O2. The summed E-state index contributed by atoms with van der Waals surface area (Å²) in [6.45, 7) is 2.25. The van der Waals surface area contributed by atoms with Gasteiger partial charge in [0, 0.05) is 11.5 Å². The van der Waals surface area contributed by atoms with Gasteiger partial charge in [0.25, 0.3) is 0 Å². The number of hydrogen-bond acceptors (Lipinski definition) is 2. The van der Waals surface area contributed by atoms with Crippen LogP contribution in [0.15, 0.2) is 48.5 Å². The summed E-state index contributed by atoms with van der Waals surface area (Å²) in [6.07, 6.45) is 1.09. The Morgan fingerprint density at radius 1 is 1.21 bits per heavy atom. The van der Waals surface area contributed by atoms with E-state index in [-0.39, 0.29) is 5.78 Å². The third-order valence-corrected chi connectivity index (χ3v) is 3.65. The lowest BCUT2D eigenvalue weighted by atomic mass is 9.78. The maximum absolute atomic E-state index is 11.3. The molecule has 2 aromatic carbocycles. The fraction of sp³-hybridized carbons (Fsp3) is 0.235. The van der Waals surface area contributed by atoms with Crippen LogP contribution in [-0.4, -0.2) is 12.4 Å². The number of carbonyl (C=O) groups excluding carboxylic acids is 1. The average Bonchev–Trinajstić information content (AvgIpc) is 2.40. The fourth-order valence-electron chi connectivity index (χ4n) is 2.51. The van der Waals surface area contributed by atoms with Crippen molar-refractivity contribution in [2.45, 2.75) is 19.3 Å². The highest BCUT2D eigenvalue weighted by molar-refractivity contribution is 5.94. The van der Waals surface area contributed by atoms with Gasteiger partial charge in [0.1, 0.15) is 5.75 Å². The molecule has 1 aliphatic carbocycles. The number of hydrogen-bond donors (Lipinski definition) is 0. The van der Waals surface area contributed by atoms with E-state index >= 15 is 0 Å². The number of carbonyl (C=O) groups is 1. The van der Waals surface area contributed by atoms with E-state index in [1.165, 1.54) is 11.1 Å². The van der Waals surface area contributed by atoms with Gasteiger partial charge in [0.15, 0.2) is 5.78 Å². The number of Topliss-reactive ketones (excluding diaryl/α,β-unsaturated/α-hetero) is 1. The number of fused-ring (bicyclic) bond motifs is 1. The van der Waals surface area contributed by atoms with Gasteiger partial charge in [-0.2, -0.15) is 0 Å². The Morgan fingerprint density at radius 2 is 2.05 bits per heavy atom. The Balaban J connectivity index is 1.65. The molecule has 0 aliphatic heterocycles. The zero-order chi connectivity index (χ0) is 13.2. The average molecular weight is 252 g/mol. The quantitative estimate of drug-likeness (QED) is 0.777. The summed E-state index contributed by atoms with van der Waals surface area (Å²) < 4.78 is 5.81. The van der Waals surface area contributed by atoms with E-state index in [2.05, 4.69) is 24.3 Å². The van der Waals surface area contributed by atoms with Crippen LogP contribution in [0.3, 0.4) is 0 Å². The molecule has 0 saturated heterocycles. The maximum atomic E-state index is 11.3. The Morgan fingerprint density at radius 3 is 2.84 bits per heavy atom. The topological polar surface area (TPSA) is 26.3 Å². The molecule has 0 heterocycles. The van der Waals surface area contributed by atoms with Gasteiger partial charge < -0.3 is 4.74 Å². The summed E-state index contributed by atoms with van der Waals surface area (Å²) in [7, 11) is 0. The Kier molecular flexibility index (Phi) is 3.08. The van der Waals surface area contributed by atoms with Gasteiger partial charge in [0.05, 0.1) is 6.61 Å². The van der Waals surface area contributed by atoms with Crippen molar-refractivity contribution in [3.05, 3.63) is 65.2 Å². The lowest BCUT2D eigenvalue weighted by Gasteiger charge is -2.29. The smallest absolute Gasteiger partial charge is 0.159 e.